The first-order chi connectivity index (χ1) is 15.1. The highest BCUT2D eigenvalue weighted by Gasteiger charge is 2.27. The number of carbonyl (C=O) groups is 3. The fraction of sp³-hybridized carbons (Fsp3) is 0.500. The highest BCUT2D eigenvalue weighted by molar-refractivity contribution is 7.89. The maximum absolute atomic E-state index is 12.9. The van der Waals surface area contributed by atoms with Gasteiger partial charge in [-0.25, -0.2) is 13.1 Å². The van der Waals surface area contributed by atoms with Crippen LogP contribution in [0.1, 0.15) is 25.3 Å². The molecule has 6 N–H and O–H groups in total. The number of benzene rings is 1. The van der Waals surface area contributed by atoms with Gasteiger partial charge in [0, 0.05) is 13.6 Å². The van der Waals surface area contributed by atoms with E-state index in [4.69, 9.17) is 11.1 Å². The molecule has 0 aliphatic heterocycles. The fourth-order valence-corrected chi connectivity index (χ4v) is 3.64. The molecule has 1 aromatic rings. The van der Waals surface area contributed by atoms with Crippen molar-refractivity contribution in [3.05, 3.63) is 35.9 Å². The molecule has 0 unspecified atom stereocenters. The van der Waals surface area contributed by atoms with Gasteiger partial charge in [-0.3, -0.25) is 15.0 Å². The average molecular weight is 542 g/mol. The Balaban J connectivity index is 0. The Hall–Kier alpha value is -2.41. The summed E-state index contributed by atoms with van der Waals surface area (Å²) in [4.78, 5) is 37.6. The first-order valence-electron chi connectivity index (χ1n) is 10.2. The second-order valence-electron chi connectivity index (χ2n) is 7.25. The molecule has 14 heteroatoms. The van der Waals surface area contributed by atoms with Crippen LogP contribution in [0, 0.1) is 5.41 Å². The second kappa shape index (κ2) is 17.1. The van der Waals surface area contributed by atoms with Crippen molar-refractivity contribution in [3.8, 4) is 0 Å². The van der Waals surface area contributed by atoms with E-state index in [0.29, 0.717) is 25.7 Å². The Morgan fingerprint density at radius 1 is 1.21 bits per heavy atom. The quantitative estimate of drug-likeness (QED) is 0.0937. The second-order valence-corrected chi connectivity index (χ2v) is 9.29. The van der Waals surface area contributed by atoms with E-state index in [1.54, 1.807) is 24.3 Å². The number of nitrogens with one attached hydrogen (secondary N) is 4. The van der Waals surface area contributed by atoms with Crippen LogP contribution in [0.15, 0.2) is 30.3 Å². The van der Waals surface area contributed by atoms with Gasteiger partial charge in [-0.15, -0.1) is 24.8 Å². The number of nitrogens with two attached hydrogens (primary N) is 1. The summed E-state index contributed by atoms with van der Waals surface area (Å²) in [5, 5.41) is 12.2. The zero-order chi connectivity index (χ0) is 24.1. The van der Waals surface area contributed by atoms with E-state index in [-0.39, 0.29) is 49.5 Å². The van der Waals surface area contributed by atoms with Crippen LogP contribution < -0.4 is 21.1 Å². The summed E-state index contributed by atoms with van der Waals surface area (Å²) in [5.74, 6) is -1.47. The zero-order valence-corrected chi connectivity index (χ0v) is 21.6. The number of carbonyl (C=O) groups excluding carboxylic acids is 3. The smallest absolute Gasteiger partial charge is 0.241 e. The van der Waals surface area contributed by atoms with Crippen molar-refractivity contribution in [1.82, 2.24) is 20.3 Å². The largest absolute Gasteiger partial charge is 0.370 e. The van der Waals surface area contributed by atoms with Crippen molar-refractivity contribution in [2.45, 2.75) is 38.3 Å². The van der Waals surface area contributed by atoms with Gasteiger partial charge >= 0.3 is 0 Å². The topological polar surface area (TPSA) is 175 Å². The number of halogens is 2. The molecule has 1 rings (SSSR count). The van der Waals surface area contributed by atoms with Crippen molar-refractivity contribution >= 4 is 58.9 Å². The first kappa shape index (κ1) is 33.8. The SMILES string of the molecule is CCS(=O)(=O)N[C@H](Cc1ccccc1)C(=O)N(C)CC(=O)N[C@H](C=O)CCCNC(=N)N.Cl.Cl. The number of hydrogen-bond donors (Lipinski definition) is 5. The molecular formula is C20H34Cl2N6O5S. The molecule has 1 aromatic carbocycles. The van der Waals surface area contributed by atoms with Crippen LogP contribution in [-0.4, -0.2) is 75.4 Å². The highest BCUT2D eigenvalue weighted by Crippen LogP contribution is 2.07. The number of sulfonamides is 1. The predicted molar refractivity (Wildman–Crippen MR) is 136 cm³/mol. The van der Waals surface area contributed by atoms with Gasteiger partial charge in [0.2, 0.25) is 21.8 Å². The number of amides is 2. The normalized spacial score (nSPS) is 12.2. The van der Waals surface area contributed by atoms with E-state index in [1.165, 1.54) is 14.0 Å². The molecule has 0 saturated carbocycles. The van der Waals surface area contributed by atoms with Crippen LogP contribution in [0.3, 0.4) is 0 Å². The van der Waals surface area contributed by atoms with Crippen LogP contribution in [0.25, 0.3) is 0 Å². The molecule has 11 nitrogen and oxygen atoms in total. The summed E-state index contributed by atoms with van der Waals surface area (Å²) in [6, 6.07) is 7.12. The fourth-order valence-electron chi connectivity index (χ4n) is 2.86. The summed E-state index contributed by atoms with van der Waals surface area (Å²) >= 11 is 0. The van der Waals surface area contributed by atoms with E-state index in [2.05, 4.69) is 15.4 Å². The van der Waals surface area contributed by atoms with Gasteiger partial charge in [0.15, 0.2) is 5.96 Å². The summed E-state index contributed by atoms with van der Waals surface area (Å²) in [7, 11) is -2.27. The molecule has 0 bridgehead atoms. The lowest BCUT2D eigenvalue weighted by molar-refractivity contribution is -0.136. The van der Waals surface area contributed by atoms with Crippen LogP contribution >= 0.6 is 24.8 Å². The molecule has 0 aliphatic carbocycles. The number of hydrogen-bond acceptors (Lipinski definition) is 6. The molecule has 0 saturated heterocycles. The van der Waals surface area contributed by atoms with Crippen molar-refractivity contribution in [3.63, 3.8) is 0 Å². The lowest BCUT2D eigenvalue weighted by atomic mass is 10.1. The van der Waals surface area contributed by atoms with Gasteiger partial charge in [0.25, 0.3) is 0 Å². The van der Waals surface area contributed by atoms with Gasteiger partial charge < -0.3 is 26.1 Å². The van der Waals surface area contributed by atoms with Crippen LogP contribution in [0.5, 0.6) is 0 Å². The third kappa shape index (κ3) is 13.3. The van der Waals surface area contributed by atoms with E-state index < -0.39 is 33.9 Å². The van der Waals surface area contributed by atoms with Crippen molar-refractivity contribution in [1.29, 1.82) is 5.41 Å². The van der Waals surface area contributed by atoms with Crippen molar-refractivity contribution in [2.24, 2.45) is 5.73 Å². The molecule has 0 heterocycles. The van der Waals surface area contributed by atoms with Crippen LogP contribution in [0.2, 0.25) is 0 Å². The lowest BCUT2D eigenvalue weighted by Crippen LogP contribution is -2.51. The summed E-state index contributed by atoms with van der Waals surface area (Å²) in [5.41, 5.74) is 5.94. The number of guanidine groups is 1. The van der Waals surface area contributed by atoms with E-state index in [1.807, 2.05) is 6.07 Å². The third-order valence-electron chi connectivity index (χ3n) is 4.56. The minimum atomic E-state index is -3.66. The van der Waals surface area contributed by atoms with Crippen LogP contribution in [0.4, 0.5) is 0 Å². The monoisotopic (exact) mass is 540 g/mol. The van der Waals surface area contributed by atoms with E-state index in [0.717, 1.165) is 10.5 Å². The molecule has 194 valence electrons. The molecule has 34 heavy (non-hydrogen) atoms. The molecule has 0 fully saturated rings. The summed E-state index contributed by atoms with van der Waals surface area (Å²) in [6.07, 6.45) is 1.56. The van der Waals surface area contributed by atoms with E-state index in [9.17, 15) is 22.8 Å². The van der Waals surface area contributed by atoms with Gasteiger partial charge in [-0.05, 0) is 31.7 Å². The number of aldehydes is 1. The van der Waals surface area contributed by atoms with E-state index >= 15 is 0 Å². The Labute approximate surface area is 213 Å². The third-order valence-corrected chi connectivity index (χ3v) is 5.96. The standard InChI is InChI=1S/C20H32N6O5S.2ClH/c1-3-32(30,31)25-17(12-15-8-5-4-6-9-15)19(29)26(2)13-18(28)24-16(14-27)10-7-11-23-20(21)22;;/h4-6,8-9,14,16-17,25H,3,7,10-13H2,1-2H3,(H,24,28)(H4,21,22,23);2*1H/t16-,17+;;/m0../s1. The number of nitrogens with zero attached hydrogens (tertiary/aromatic N) is 1. The first-order valence-corrected chi connectivity index (χ1v) is 11.8. The maximum atomic E-state index is 12.9. The van der Waals surface area contributed by atoms with Gasteiger partial charge in [0.05, 0.1) is 18.3 Å². The Morgan fingerprint density at radius 2 is 1.82 bits per heavy atom. The Kier molecular flexibility index (Phi) is 17.0. The van der Waals surface area contributed by atoms with Crippen molar-refractivity contribution < 1.29 is 22.8 Å². The minimum Gasteiger partial charge on any atom is -0.370 e. The highest BCUT2D eigenvalue weighted by atomic mass is 35.5. The Bertz CT molecular complexity index is 889. The molecule has 0 aliphatic rings. The minimum absolute atomic E-state index is 0. The number of rotatable bonds is 14. The molecule has 0 aromatic heterocycles. The predicted octanol–water partition coefficient (Wildman–Crippen LogP) is -0.214. The maximum Gasteiger partial charge on any atom is 0.241 e. The van der Waals surface area contributed by atoms with Crippen molar-refractivity contribution in [2.75, 3.05) is 25.9 Å². The van der Waals surface area contributed by atoms with Crippen LogP contribution in [-0.2, 0) is 30.8 Å². The summed E-state index contributed by atoms with van der Waals surface area (Å²) in [6.45, 7) is 1.51. The Morgan fingerprint density at radius 3 is 2.35 bits per heavy atom. The molecule has 2 atom stereocenters. The zero-order valence-electron chi connectivity index (χ0n) is 19.2. The van der Waals surface area contributed by atoms with Gasteiger partial charge in [-0.1, -0.05) is 30.3 Å². The average Bonchev–Trinajstić information content (AvgIpc) is 2.75. The number of likely N-dealkylation sites (N-methyl/N-ethyl adjacent to an activating group) is 1. The summed E-state index contributed by atoms with van der Waals surface area (Å²) < 4.78 is 26.5. The lowest BCUT2D eigenvalue weighted by Gasteiger charge is -2.25. The van der Waals surface area contributed by atoms with Gasteiger partial charge in [0.1, 0.15) is 12.3 Å². The molecule has 2 amide bonds. The molecular weight excluding hydrogens is 507 g/mol. The van der Waals surface area contributed by atoms with Gasteiger partial charge in [-0.2, -0.15) is 0 Å². The molecule has 0 radical (unpaired) electrons. The molecule has 0 spiro atoms.